The van der Waals surface area contributed by atoms with Crippen LogP contribution in [-0.2, 0) is 9.53 Å². The topological polar surface area (TPSA) is 59.2 Å². The summed E-state index contributed by atoms with van der Waals surface area (Å²) in [5.41, 5.74) is 3.74. The normalized spacial score (nSPS) is 19.0. The van der Waals surface area contributed by atoms with Crippen molar-refractivity contribution >= 4 is 22.7 Å². The Hall–Kier alpha value is -2.10. The van der Waals surface area contributed by atoms with E-state index in [9.17, 15) is 9.59 Å². The first-order chi connectivity index (χ1) is 10.1. The lowest BCUT2D eigenvalue weighted by molar-refractivity contribution is -0.129. The number of aromatic nitrogens is 1. The SMILES string of the molecule is Cc1[nH]c2ccc(C(=O)OC3CCCCC3=O)cc2c1C. The molecule has 4 heteroatoms. The number of nitrogens with one attached hydrogen (secondary N) is 1. The second-order valence-electron chi connectivity index (χ2n) is 5.74. The maximum atomic E-state index is 12.2. The molecule has 3 rings (SSSR count). The number of hydrogen-bond acceptors (Lipinski definition) is 3. The molecule has 1 atom stereocenters. The lowest BCUT2D eigenvalue weighted by atomic mass is 9.96. The molecule has 1 heterocycles. The number of ketones is 1. The molecule has 1 aromatic heterocycles. The largest absolute Gasteiger partial charge is 0.451 e. The Morgan fingerprint density at radius 2 is 2.10 bits per heavy atom. The van der Waals surface area contributed by atoms with Crippen LogP contribution < -0.4 is 0 Å². The number of aryl methyl sites for hydroxylation is 2. The summed E-state index contributed by atoms with van der Waals surface area (Å²) in [7, 11) is 0. The van der Waals surface area contributed by atoms with Crippen LogP contribution >= 0.6 is 0 Å². The number of carbonyl (C=O) groups is 2. The zero-order valence-electron chi connectivity index (χ0n) is 12.4. The maximum absolute atomic E-state index is 12.2. The van der Waals surface area contributed by atoms with E-state index >= 15 is 0 Å². The molecule has 1 N–H and O–H groups in total. The Bertz CT molecular complexity index is 714. The first-order valence-electron chi connectivity index (χ1n) is 7.39. The van der Waals surface area contributed by atoms with Crippen molar-refractivity contribution in [2.24, 2.45) is 0 Å². The third-order valence-electron chi connectivity index (χ3n) is 4.29. The highest BCUT2D eigenvalue weighted by Crippen LogP contribution is 2.24. The Morgan fingerprint density at radius 1 is 1.29 bits per heavy atom. The number of hydrogen-bond donors (Lipinski definition) is 1. The first kappa shape index (κ1) is 13.9. The zero-order chi connectivity index (χ0) is 15.0. The van der Waals surface area contributed by atoms with Crippen LogP contribution in [0.15, 0.2) is 18.2 Å². The predicted molar refractivity (Wildman–Crippen MR) is 80.5 cm³/mol. The van der Waals surface area contributed by atoms with Gasteiger partial charge in [-0.25, -0.2) is 4.79 Å². The number of esters is 1. The van der Waals surface area contributed by atoms with Crippen LogP contribution in [0, 0.1) is 13.8 Å². The molecule has 4 nitrogen and oxygen atoms in total. The lowest BCUT2D eigenvalue weighted by Crippen LogP contribution is -2.30. The molecule has 1 unspecified atom stereocenters. The zero-order valence-corrected chi connectivity index (χ0v) is 12.4. The summed E-state index contributed by atoms with van der Waals surface area (Å²) < 4.78 is 5.39. The Balaban J connectivity index is 1.84. The molecule has 2 aromatic rings. The van der Waals surface area contributed by atoms with Crippen LogP contribution in [0.2, 0.25) is 0 Å². The Morgan fingerprint density at radius 3 is 2.86 bits per heavy atom. The van der Waals surface area contributed by atoms with Crippen LogP contribution in [0.4, 0.5) is 0 Å². The summed E-state index contributed by atoms with van der Waals surface area (Å²) >= 11 is 0. The average molecular weight is 285 g/mol. The van der Waals surface area contributed by atoms with E-state index in [4.69, 9.17) is 4.74 Å². The van der Waals surface area contributed by atoms with Crippen LogP contribution in [0.1, 0.15) is 47.3 Å². The second kappa shape index (κ2) is 5.35. The molecule has 21 heavy (non-hydrogen) atoms. The second-order valence-corrected chi connectivity index (χ2v) is 5.74. The van der Waals surface area contributed by atoms with Crippen molar-refractivity contribution < 1.29 is 14.3 Å². The van der Waals surface area contributed by atoms with E-state index < -0.39 is 12.1 Å². The number of carbonyl (C=O) groups excluding carboxylic acids is 2. The van der Waals surface area contributed by atoms with Gasteiger partial charge in [0.25, 0.3) is 0 Å². The van der Waals surface area contributed by atoms with Gasteiger partial charge in [-0.15, -0.1) is 0 Å². The highest BCUT2D eigenvalue weighted by atomic mass is 16.5. The monoisotopic (exact) mass is 285 g/mol. The minimum atomic E-state index is -0.559. The third-order valence-corrected chi connectivity index (χ3v) is 4.29. The van der Waals surface area contributed by atoms with E-state index in [2.05, 4.69) is 4.98 Å². The van der Waals surface area contributed by atoms with Gasteiger partial charge in [-0.1, -0.05) is 0 Å². The van der Waals surface area contributed by atoms with Gasteiger partial charge in [0.05, 0.1) is 5.56 Å². The molecule has 1 aromatic carbocycles. The molecule has 0 saturated heterocycles. The molecule has 0 radical (unpaired) electrons. The summed E-state index contributed by atoms with van der Waals surface area (Å²) in [5, 5.41) is 1.02. The van der Waals surface area contributed by atoms with Crippen LogP contribution in [0.25, 0.3) is 10.9 Å². The van der Waals surface area contributed by atoms with Crippen LogP contribution in [0.5, 0.6) is 0 Å². The molecular formula is C17H19NO3. The number of ether oxygens (including phenoxy) is 1. The number of rotatable bonds is 2. The summed E-state index contributed by atoms with van der Waals surface area (Å²) in [6.07, 6.45) is 2.46. The minimum Gasteiger partial charge on any atom is -0.451 e. The summed E-state index contributed by atoms with van der Waals surface area (Å²) in [6.45, 7) is 4.03. The van der Waals surface area contributed by atoms with Crippen molar-refractivity contribution in [3.05, 3.63) is 35.0 Å². The van der Waals surface area contributed by atoms with Gasteiger partial charge in [-0.3, -0.25) is 4.79 Å². The van der Waals surface area contributed by atoms with E-state index in [-0.39, 0.29) is 5.78 Å². The fourth-order valence-electron chi connectivity index (χ4n) is 2.86. The molecule has 0 aliphatic heterocycles. The van der Waals surface area contributed by atoms with E-state index in [0.29, 0.717) is 18.4 Å². The number of fused-ring (bicyclic) bond motifs is 1. The number of Topliss-reactive ketones (excluding diaryl/α,β-unsaturated/α-hetero) is 1. The fraction of sp³-hybridized carbons (Fsp3) is 0.412. The van der Waals surface area contributed by atoms with Crippen molar-refractivity contribution in [3.63, 3.8) is 0 Å². The van der Waals surface area contributed by atoms with Crippen LogP contribution in [0.3, 0.4) is 0 Å². The molecule has 1 saturated carbocycles. The number of aromatic amines is 1. The summed E-state index contributed by atoms with van der Waals surface area (Å²) in [5.74, 6) is -0.361. The molecule has 0 spiro atoms. The van der Waals surface area contributed by atoms with Crippen molar-refractivity contribution in [1.82, 2.24) is 4.98 Å². The Kier molecular flexibility index (Phi) is 3.53. The predicted octanol–water partition coefficient (Wildman–Crippen LogP) is 3.45. The fourth-order valence-corrected chi connectivity index (χ4v) is 2.86. The van der Waals surface area contributed by atoms with E-state index in [1.54, 1.807) is 6.07 Å². The standard InChI is InChI=1S/C17H19NO3/c1-10-11(2)18-14-8-7-12(9-13(10)14)17(20)21-16-6-4-3-5-15(16)19/h7-9,16,18H,3-6H2,1-2H3. The summed E-state index contributed by atoms with van der Waals surface area (Å²) in [6, 6.07) is 5.46. The highest BCUT2D eigenvalue weighted by Gasteiger charge is 2.26. The van der Waals surface area contributed by atoms with Gasteiger partial charge in [-0.2, -0.15) is 0 Å². The van der Waals surface area contributed by atoms with E-state index in [1.165, 1.54) is 0 Å². The molecule has 0 amide bonds. The van der Waals surface area contributed by atoms with Gasteiger partial charge in [0, 0.05) is 23.0 Å². The minimum absolute atomic E-state index is 0.0457. The van der Waals surface area contributed by atoms with Gasteiger partial charge in [0.2, 0.25) is 0 Å². The molecule has 1 aliphatic carbocycles. The molecule has 110 valence electrons. The smallest absolute Gasteiger partial charge is 0.338 e. The van der Waals surface area contributed by atoms with Crippen molar-refractivity contribution in [2.75, 3.05) is 0 Å². The molecule has 0 bridgehead atoms. The first-order valence-corrected chi connectivity index (χ1v) is 7.39. The summed E-state index contributed by atoms with van der Waals surface area (Å²) in [4.78, 5) is 27.3. The van der Waals surface area contributed by atoms with Gasteiger partial charge >= 0.3 is 5.97 Å². The molecular weight excluding hydrogens is 266 g/mol. The van der Waals surface area contributed by atoms with Crippen molar-refractivity contribution in [1.29, 1.82) is 0 Å². The number of benzene rings is 1. The van der Waals surface area contributed by atoms with Crippen molar-refractivity contribution in [2.45, 2.75) is 45.6 Å². The lowest BCUT2D eigenvalue weighted by Gasteiger charge is -2.20. The van der Waals surface area contributed by atoms with E-state index in [1.807, 2.05) is 26.0 Å². The molecule has 1 aliphatic rings. The quantitative estimate of drug-likeness (QED) is 0.860. The van der Waals surface area contributed by atoms with Crippen LogP contribution in [-0.4, -0.2) is 22.8 Å². The van der Waals surface area contributed by atoms with Gasteiger partial charge in [0.15, 0.2) is 11.9 Å². The van der Waals surface area contributed by atoms with Gasteiger partial charge in [-0.05, 0) is 56.9 Å². The maximum Gasteiger partial charge on any atom is 0.338 e. The average Bonchev–Trinajstić information content (AvgIpc) is 2.76. The van der Waals surface area contributed by atoms with Crippen molar-refractivity contribution in [3.8, 4) is 0 Å². The molecule has 1 fully saturated rings. The van der Waals surface area contributed by atoms with Gasteiger partial charge in [0.1, 0.15) is 0 Å². The number of H-pyrrole nitrogens is 1. The third kappa shape index (κ3) is 2.58. The van der Waals surface area contributed by atoms with Gasteiger partial charge < -0.3 is 9.72 Å². The highest BCUT2D eigenvalue weighted by molar-refractivity contribution is 5.97. The van der Waals surface area contributed by atoms with E-state index in [0.717, 1.165) is 35.0 Å². The Labute approximate surface area is 123 Å².